The zero-order valence-electron chi connectivity index (χ0n) is 13.9. The van der Waals surface area contributed by atoms with E-state index in [0.717, 1.165) is 4.31 Å². The Balaban J connectivity index is 2.56. The predicted molar refractivity (Wildman–Crippen MR) is 104 cm³/mol. The zero-order chi connectivity index (χ0) is 19.5. The van der Waals surface area contributed by atoms with Crippen LogP contribution in [0.15, 0.2) is 47.4 Å². The molecule has 0 fully saturated rings. The smallest absolute Gasteiger partial charge is 0.265 e. The lowest BCUT2D eigenvalue weighted by molar-refractivity contribution is -0.112. The van der Waals surface area contributed by atoms with E-state index in [1.165, 1.54) is 37.3 Å². The van der Waals surface area contributed by atoms with Gasteiger partial charge in [-0.05, 0) is 67.9 Å². The van der Waals surface area contributed by atoms with Gasteiger partial charge in [0.1, 0.15) is 11.8 Å². The maximum absolute atomic E-state index is 13.1. The Morgan fingerprint density at radius 1 is 1.12 bits per heavy atom. The topological polar surface area (TPSA) is 63.7 Å². The van der Waals surface area contributed by atoms with Gasteiger partial charge in [0.15, 0.2) is 0 Å². The molecule has 5 nitrogen and oxygen atoms in total. The summed E-state index contributed by atoms with van der Waals surface area (Å²) in [5, 5.41) is -0.508. The summed E-state index contributed by atoms with van der Waals surface area (Å²) in [6, 6.07) is 9.09. The summed E-state index contributed by atoms with van der Waals surface area (Å²) in [5.41, 5.74) is 0.265. The fourth-order valence-corrected chi connectivity index (χ4v) is 4.43. The second-order valence-corrected chi connectivity index (χ2v) is 8.29. The molecule has 0 aliphatic rings. The fraction of sp³-hybridized carbons (Fsp3) is 0.235. The Morgan fingerprint density at radius 2 is 1.73 bits per heavy atom. The van der Waals surface area contributed by atoms with Gasteiger partial charge in [-0.2, -0.15) is 0 Å². The van der Waals surface area contributed by atoms with Crippen LogP contribution in [0.2, 0.25) is 10.0 Å². The Morgan fingerprint density at radius 3 is 2.23 bits per heavy atom. The third-order valence-corrected chi connectivity index (χ3v) is 6.48. The largest absolute Gasteiger partial charge is 0.494 e. The summed E-state index contributed by atoms with van der Waals surface area (Å²) >= 11 is 17.4. The van der Waals surface area contributed by atoms with Crippen molar-refractivity contribution in [1.82, 2.24) is 0 Å². The number of sulfonamides is 1. The molecule has 1 unspecified atom stereocenters. The molecule has 26 heavy (non-hydrogen) atoms. The average Bonchev–Trinajstić information content (AvgIpc) is 2.58. The van der Waals surface area contributed by atoms with Crippen LogP contribution in [0, 0.1) is 0 Å². The third-order valence-electron chi connectivity index (χ3n) is 3.53. The van der Waals surface area contributed by atoms with E-state index < -0.39 is 21.3 Å². The normalized spacial score (nSPS) is 12.5. The molecule has 0 spiro atoms. The molecule has 0 aromatic heterocycles. The van der Waals surface area contributed by atoms with Crippen molar-refractivity contribution in [3.05, 3.63) is 52.5 Å². The lowest BCUT2D eigenvalue weighted by Gasteiger charge is -2.28. The maximum Gasteiger partial charge on any atom is 0.265 e. The number of carbonyl (C=O) groups is 1. The molecule has 0 saturated heterocycles. The van der Waals surface area contributed by atoms with E-state index in [-0.39, 0.29) is 20.6 Å². The van der Waals surface area contributed by atoms with E-state index in [2.05, 4.69) is 0 Å². The van der Waals surface area contributed by atoms with Gasteiger partial charge < -0.3 is 4.74 Å². The summed E-state index contributed by atoms with van der Waals surface area (Å²) in [5.74, 6) is 0.577. The van der Waals surface area contributed by atoms with Crippen molar-refractivity contribution in [3.8, 4) is 5.75 Å². The number of halogens is 3. The maximum atomic E-state index is 13.1. The average molecular weight is 437 g/mol. The molecule has 2 aromatic rings. The van der Waals surface area contributed by atoms with Gasteiger partial charge in [0.25, 0.3) is 10.0 Å². The summed E-state index contributed by atoms with van der Waals surface area (Å²) in [7, 11) is -4.12. The molecule has 0 saturated carbocycles. The lowest BCUT2D eigenvalue weighted by atomic mass is 10.2. The van der Waals surface area contributed by atoms with Gasteiger partial charge in [-0.15, -0.1) is 0 Å². The minimum Gasteiger partial charge on any atom is -0.494 e. The highest BCUT2D eigenvalue weighted by Crippen LogP contribution is 2.31. The van der Waals surface area contributed by atoms with Gasteiger partial charge in [0, 0.05) is 0 Å². The van der Waals surface area contributed by atoms with Crippen LogP contribution in [0.3, 0.4) is 0 Å². The minimum absolute atomic E-state index is 0.0873. The number of benzene rings is 2. The third kappa shape index (κ3) is 4.43. The van der Waals surface area contributed by atoms with E-state index in [0.29, 0.717) is 12.4 Å². The second-order valence-electron chi connectivity index (χ2n) is 5.28. The highest BCUT2D eigenvalue weighted by molar-refractivity contribution is 7.93. The van der Waals surface area contributed by atoms with Crippen molar-refractivity contribution >= 4 is 55.8 Å². The van der Waals surface area contributed by atoms with Crippen molar-refractivity contribution in [2.24, 2.45) is 0 Å². The van der Waals surface area contributed by atoms with Gasteiger partial charge in [-0.3, -0.25) is 9.10 Å². The van der Waals surface area contributed by atoms with E-state index in [1.807, 2.05) is 6.92 Å². The quantitative estimate of drug-likeness (QED) is 0.588. The Kier molecular flexibility index (Phi) is 6.80. The van der Waals surface area contributed by atoms with Crippen LogP contribution in [0.1, 0.15) is 13.8 Å². The first kappa shape index (κ1) is 20.8. The molecule has 0 bridgehead atoms. The van der Waals surface area contributed by atoms with E-state index in [4.69, 9.17) is 39.5 Å². The van der Waals surface area contributed by atoms with Crippen LogP contribution < -0.4 is 9.04 Å². The summed E-state index contributed by atoms with van der Waals surface area (Å²) in [4.78, 5) is 11.6. The van der Waals surface area contributed by atoms with Crippen molar-refractivity contribution in [2.45, 2.75) is 24.8 Å². The monoisotopic (exact) mass is 435 g/mol. The Labute approximate surface area is 167 Å². The number of rotatable bonds is 7. The van der Waals surface area contributed by atoms with Gasteiger partial charge in [0.2, 0.25) is 5.24 Å². The summed E-state index contributed by atoms with van der Waals surface area (Å²) in [6.07, 6.45) is 0. The van der Waals surface area contributed by atoms with Crippen molar-refractivity contribution in [3.63, 3.8) is 0 Å². The summed E-state index contributed by atoms with van der Waals surface area (Å²) in [6.45, 7) is 3.71. The van der Waals surface area contributed by atoms with Crippen molar-refractivity contribution in [1.29, 1.82) is 0 Å². The van der Waals surface area contributed by atoms with Gasteiger partial charge in [0.05, 0.1) is 27.2 Å². The van der Waals surface area contributed by atoms with Gasteiger partial charge >= 0.3 is 0 Å². The Bertz CT molecular complexity index is 901. The lowest BCUT2D eigenvalue weighted by Crippen LogP contribution is -2.42. The summed E-state index contributed by atoms with van der Waals surface area (Å²) < 4.78 is 32.6. The van der Waals surface area contributed by atoms with Gasteiger partial charge in [-0.1, -0.05) is 23.2 Å². The van der Waals surface area contributed by atoms with Crippen molar-refractivity contribution in [2.75, 3.05) is 10.9 Å². The molecular formula is C17H16Cl3NO4S. The molecule has 0 aliphatic heterocycles. The van der Waals surface area contributed by atoms with Crippen LogP contribution in [-0.4, -0.2) is 26.3 Å². The molecular weight excluding hydrogens is 421 g/mol. The first-order valence-corrected chi connectivity index (χ1v) is 10.2. The molecule has 0 N–H and O–H groups in total. The molecule has 2 aromatic carbocycles. The number of hydrogen-bond acceptors (Lipinski definition) is 4. The molecule has 0 aliphatic carbocycles. The molecule has 2 rings (SSSR count). The number of nitrogens with zero attached hydrogens (tertiary/aromatic N) is 1. The fourth-order valence-electron chi connectivity index (χ4n) is 2.27. The highest BCUT2D eigenvalue weighted by Gasteiger charge is 2.33. The van der Waals surface area contributed by atoms with Crippen LogP contribution in [0.4, 0.5) is 5.69 Å². The van der Waals surface area contributed by atoms with E-state index >= 15 is 0 Å². The number of anilines is 1. The molecule has 0 radical (unpaired) electrons. The first-order chi connectivity index (χ1) is 12.2. The van der Waals surface area contributed by atoms with Crippen LogP contribution >= 0.6 is 34.8 Å². The first-order valence-electron chi connectivity index (χ1n) is 7.60. The standard InChI is InChI=1S/C17H16Cl3NO4S/c1-3-25-13-6-4-12(5-7-13)21(11(2)17(20)22)26(23,24)14-8-9-15(18)16(19)10-14/h4-11H,3H2,1-2H3. The minimum atomic E-state index is -4.12. The second kappa shape index (κ2) is 8.48. The molecule has 0 amide bonds. The van der Waals surface area contributed by atoms with Crippen molar-refractivity contribution < 1.29 is 17.9 Å². The molecule has 9 heteroatoms. The van der Waals surface area contributed by atoms with Crippen LogP contribution in [-0.2, 0) is 14.8 Å². The number of carbonyl (C=O) groups excluding carboxylic acids is 1. The van der Waals surface area contributed by atoms with Gasteiger partial charge in [-0.25, -0.2) is 8.42 Å². The number of hydrogen-bond donors (Lipinski definition) is 0. The molecule has 140 valence electrons. The molecule has 1 atom stereocenters. The predicted octanol–water partition coefficient (Wildman–Crippen LogP) is 4.74. The highest BCUT2D eigenvalue weighted by atomic mass is 35.5. The van der Waals surface area contributed by atoms with E-state index in [9.17, 15) is 13.2 Å². The zero-order valence-corrected chi connectivity index (χ0v) is 17.0. The van der Waals surface area contributed by atoms with Crippen LogP contribution in [0.5, 0.6) is 5.75 Å². The van der Waals surface area contributed by atoms with Crippen LogP contribution in [0.25, 0.3) is 0 Å². The SMILES string of the molecule is CCOc1ccc(N(C(C)C(=O)Cl)S(=O)(=O)c2ccc(Cl)c(Cl)c2)cc1. The number of ether oxygens (including phenoxy) is 1. The van der Waals surface area contributed by atoms with E-state index in [1.54, 1.807) is 12.1 Å². The molecule has 0 heterocycles. The Hall–Kier alpha value is -1.47.